The molecule has 6 nitrogen and oxygen atoms in total. The monoisotopic (exact) mass is 370 g/mol. The van der Waals surface area contributed by atoms with Crippen LogP contribution in [-0.2, 0) is 11.3 Å². The van der Waals surface area contributed by atoms with E-state index in [2.05, 4.69) is 15.9 Å². The Morgan fingerprint density at radius 2 is 1.59 bits per heavy atom. The molecule has 0 saturated carbocycles. The van der Waals surface area contributed by atoms with E-state index in [9.17, 15) is 4.79 Å². The van der Waals surface area contributed by atoms with Crippen LogP contribution in [0.25, 0.3) is 0 Å². The first-order valence-electron chi connectivity index (χ1n) is 9.05. The zero-order chi connectivity index (χ0) is 19.2. The number of anilines is 1. The number of ether oxygens (including phenoxy) is 3. The van der Waals surface area contributed by atoms with Gasteiger partial charge in [-0.05, 0) is 42.0 Å². The SMILES string of the molecule is COc1ccc(CN2CCN(c3ccc(OC(C)=O)cc3)CC2)cc1OC. The van der Waals surface area contributed by atoms with Crippen molar-refractivity contribution in [3.63, 3.8) is 0 Å². The molecule has 144 valence electrons. The molecule has 0 N–H and O–H groups in total. The van der Waals surface area contributed by atoms with Crippen molar-refractivity contribution in [2.45, 2.75) is 13.5 Å². The van der Waals surface area contributed by atoms with E-state index in [4.69, 9.17) is 14.2 Å². The topological polar surface area (TPSA) is 51.2 Å². The van der Waals surface area contributed by atoms with Crippen LogP contribution >= 0.6 is 0 Å². The number of hydrogen-bond donors (Lipinski definition) is 0. The van der Waals surface area contributed by atoms with Crippen molar-refractivity contribution < 1.29 is 19.0 Å². The molecule has 0 bridgehead atoms. The molecule has 1 heterocycles. The smallest absolute Gasteiger partial charge is 0.308 e. The maximum atomic E-state index is 11.0. The van der Waals surface area contributed by atoms with Crippen LogP contribution in [0, 0.1) is 0 Å². The molecule has 1 saturated heterocycles. The minimum absolute atomic E-state index is 0.300. The summed E-state index contributed by atoms with van der Waals surface area (Å²) in [6.45, 7) is 6.19. The molecule has 2 aromatic rings. The van der Waals surface area contributed by atoms with E-state index >= 15 is 0 Å². The predicted octanol–water partition coefficient (Wildman–Crippen LogP) is 2.95. The Kier molecular flexibility index (Phi) is 6.19. The van der Waals surface area contributed by atoms with Gasteiger partial charge in [0.1, 0.15) is 5.75 Å². The van der Waals surface area contributed by atoms with Crippen LogP contribution < -0.4 is 19.1 Å². The average Bonchev–Trinajstić information content (AvgIpc) is 2.68. The van der Waals surface area contributed by atoms with Gasteiger partial charge >= 0.3 is 5.97 Å². The van der Waals surface area contributed by atoms with Gasteiger partial charge in [0, 0.05) is 45.3 Å². The van der Waals surface area contributed by atoms with E-state index < -0.39 is 0 Å². The molecular weight excluding hydrogens is 344 g/mol. The molecule has 0 unspecified atom stereocenters. The van der Waals surface area contributed by atoms with E-state index in [0.717, 1.165) is 49.9 Å². The van der Waals surface area contributed by atoms with Gasteiger partial charge in [0.15, 0.2) is 11.5 Å². The third kappa shape index (κ3) is 4.92. The lowest BCUT2D eigenvalue weighted by Gasteiger charge is -2.36. The van der Waals surface area contributed by atoms with Gasteiger partial charge in [-0.2, -0.15) is 0 Å². The minimum Gasteiger partial charge on any atom is -0.493 e. The van der Waals surface area contributed by atoms with E-state index in [0.29, 0.717) is 5.75 Å². The second-order valence-electron chi connectivity index (χ2n) is 6.54. The summed E-state index contributed by atoms with van der Waals surface area (Å²) in [4.78, 5) is 15.8. The second kappa shape index (κ2) is 8.77. The molecule has 0 atom stereocenters. The predicted molar refractivity (Wildman–Crippen MR) is 105 cm³/mol. The summed E-state index contributed by atoms with van der Waals surface area (Å²) < 4.78 is 15.8. The highest BCUT2D eigenvalue weighted by molar-refractivity contribution is 5.69. The standard InChI is InChI=1S/C21H26N2O4/c1-16(24)27-19-7-5-18(6-8-19)23-12-10-22(11-13-23)15-17-4-9-20(25-2)21(14-17)26-3/h4-9,14H,10-13,15H2,1-3H3. The summed E-state index contributed by atoms with van der Waals surface area (Å²) in [5, 5.41) is 0. The largest absolute Gasteiger partial charge is 0.493 e. The van der Waals surface area contributed by atoms with Crippen LogP contribution in [0.1, 0.15) is 12.5 Å². The summed E-state index contributed by atoms with van der Waals surface area (Å²) in [6, 6.07) is 13.8. The first kappa shape index (κ1) is 19.0. The fourth-order valence-corrected chi connectivity index (χ4v) is 3.29. The lowest BCUT2D eigenvalue weighted by Crippen LogP contribution is -2.45. The summed E-state index contributed by atoms with van der Waals surface area (Å²) in [6.07, 6.45) is 0. The van der Waals surface area contributed by atoms with Gasteiger partial charge in [0.05, 0.1) is 14.2 Å². The van der Waals surface area contributed by atoms with E-state index in [1.165, 1.54) is 12.5 Å². The molecule has 3 rings (SSSR count). The zero-order valence-electron chi connectivity index (χ0n) is 16.1. The number of carbonyl (C=O) groups is 1. The molecule has 0 aromatic heterocycles. The summed E-state index contributed by atoms with van der Waals surface area (Å²) in [5.41, 5.74) is 2.36. The minimum atomic E-state index is -0.300. The fraction of sp³-hybridized carbons (Fsp3) is 0.381. The third-order valence-corrected chi connectivity index (χ3v) is 4.69. The number of nitrogens with zero attached hydrogens (tertiary/aromatic N) is 2. The molecule has 0 aliphatic carbocycles. The van der Waals surface area contributed by atoms with Crippen molar-refractivity contribution >= 4 is 11.7 Å². The van der Waals surface area contributed by atoms with Gasteiger partial charge < -0.3 is 19.1 Å². The normalized spacial score (nSPS) is 14.7. The number of esters is 1. The number of carbonyl (C=O) groups excluding carboxylic acids is 1. The highest BCUT2D eigenvalue weighted by atomic mass is 16.5. The van der Waals surface area contributed by atoms with Crippen molar-refractivity contribution in [1.82, 2.24) is 4.90 Å². The third-order valence-electron chi connectivity index (χ3n) is 4.69. The lowest BCUT2D eigenvalue weighted by atomic mass is 10.1. The van der Waals surface area contributed by atoms with Gasteiger partial charge in [0.2, 0.25) is 0 Å². The maximum absolute atomic E-state index is 11.0. The van der Waals surface area contributed by atoms with E-state index in [1.54, 1.807) is 14.2 Å². The van der Waals surface area contributed by atoms with Crippen molar-refractivity contribution in [1.29, 1.82) is 0 Å². The highest BCUT2D eigenvalue weighted by Crippen LogP contribution is 2.28. The van der Waals surface area contributed by atoms with Gasteiger partial charge in [0.25, 0.3) is 0 Å². The van der Waals surface area contributed by atoms with Crippen molar-refractivity contribution in [3.05, 3.63) is 48.0 Å². The van der Waals surface area contributed by atoms with Crippen molar-refractivity contribution in [2.75, 3.05) is 45.3 Å². The number of benzene rings is 2. The number of piperazine rings is 1. The Balaban J connectivity index is 1.55. The summed E-state index contributed by atoms with van der Waals surface area (Å²) in [5.74, 6) is 1.80. The second-order valence-corrected chi connectivity index (χ2v) is 6.54. The van der Waals surface area contributed by atoms with Crippen LogP contribution in [0.5, 0.6) is 17.2 Å². The maximum Gasteiger partial charge on any atom is 0.308 e. The van der Waals surface area contributed by atoms with Gasteiger partial charge in [-0.15, -0.1) is 0 Å². The first-order valence-corrected chi connectivity index (χ1v) is 9.05. The quantitative estimate of drug-likeness (QED) is 0.576. The van der Waals surface area contributed by atoms with Gasteiger partial charge in [-0.3, -0.25) is 9.69 Å². The molecule has 27 heavy (non-hydrogen) atoms. The van der Waals surface area contributed by atoms with Crippen LogP contribution in [-0.4, -0.2) is 51.3 Å². The molecule has 1 aliphatic rings. The number of hydrogen-bond acceptors (Lipinski definition) is 6. The van der Waals surface area contributed by atoms with E-state index in [1.807, 2.05) is 36.4 Å². The number of rotatable bonds is 6. The Labute approximate surface area is 160 Å². The number of methoxy groups -OCH3 is 2. The molecule has 0 amide bonds. The van der Waals surface area contributed by atoms with Gasteiger partial charge in [-0.25, -0.2) is 0 Å². The summed E-state index contributed by atoms with van der Waals surface area (Å²) >= 11 is 0. The fourth-order valence-electron chi connectivity index (χ4n) is 3.29. The summed E-state index contributed by atoms with van der Waals surface area (Å²) in [7, 11) is 3.31. The molecular formula is C21H26N2O4. The molecule has 2 aromatic carbocycles. The average molecular weight is 370 g/mol. The highest BCUT2D eigenvalue weighted by Gasteiger charge is 2.18. The van der Waals surface area contributed by atoms with Crippen LogP contribution in [0.2, 0.25) is 0 Å². The van der Waals surface area contributed by atoms with E-state index in [-0.39, 0.29) is 5.97 Å². The van der Waals surface area contributed by atoms with Crippen molar-refractivity contribution in [3.8, 4) is 17.2 Å². The Morgan fingerprint density at radius 3 is 2.19 bits per heavy atom. The van der Waals surface area contributed by atoms with Crippen LogP contribution in [0.4, 0.5) is 5.69 Å². The lowest BCUT2D eigenvalue weighted by molar-refractivity contribution is -0.131. The van der Waals surface area contributed by atoms with Gasteiger partial charge in [-0.1, -0.05) is 6.07 Å². The molecule has 1 fully saturated rings. The molecule has 6 heteroatoms. The Hall–Kier alpha value is -2.73. The van der Waals surface area contributed by atoms with Crippen LogP contribution in [0.15, 0.2) is 42.5 Å². The molecule has 0 spiro atoms. The Bertz CT molecular complexity index is 768. The van der Waals surface area contributed by atoms with Crippen LogP contribution in [0.3, 0.4) is 0 Å². The first-order chi connectivity index (χ1) is 13.1. The molecule has 0 radical (unpaired) electrons. The molecule has 1 aliphatic heterocycles. The van der Waals surface area contributed by atoms with Crippen molar-refractivity contribution in [2.24, 2.45) is 0 Å². The zero-order valence-corrected chi connectivity index (χ0v) is 16.1. The Morgan fingerprint density at radius 1 is 0.926 bits per heavy atom.